The summed E-state index contributed by atoms with van der Waals surface area (Å²) in [5.41, 5.74) is 7.14. The topological polar surface area (TPSA) is 74.3 Å². The van der Waals surface area contributed by atoms with E-state index in [0.29, 0.717) is 19.4 Å². The summed E-state index contributed by atoms with van der Waals surface area (Å²) in [5, 5.41) is 15.1. The number of para-hydroxylation sites is 1. The number of hydrogen-bond acceptors (Lipinski definition) is 7. The molecule has 7 nitrogen and oxygen atoms in total. The first-order chi connectivity index (χ1) is 18.0. The maximum atomic E-state index is 11.3. The Morgan fingerprint density at radius 1 is 1.11 bits per heavy atom. The van der Waals surface area contributed by atoms with Crippen molar-refractivity contribution in [1.29, 1.82) is 0 Å². The second-order valence-corrected chi connectivity index (χ2v) is 11.2. The molecule has 0 spiro atoms. The summed E-state index contributed by atoms with van der Waals surface area (Å²) in [6.45, 7) is 10.9. The van der Waals surface area contributed by atoms with E-state index in [2.05, 4.69) is 70.8 Å². The Balaban J connectivity index is 1.21. The molecule has 0 radical (unpaired) electrons. The van der Waals surface area contributed by atoms with Crippen molar-refractivity contribution in [3.8, 4) is 5.75 Å². The molecule has 0 aliphatic carbocycles. The summed E-state index contributed by atoms with van der Waals surface area (Å²) >= 11 is 1.75. The van der Waals surface area contributed by atoms with Gasteiger partial charge in [0.05, 0.1) is 24.8 Å². The molecule has 37 heavy (non-hydrogen) atoms. The maximum Gasteiger partial charge on any atom is 0.306 e. The van der Waals surface area contributed by atoms with Crippen molar-refractivity contribution in [2.45, 2.75) is 45.3 Å². The second-order valence-electron chi connectivity index (χ2n) is 10.2. The lowest BCUT2D eigenvalue weighted by molar-refractivity contribution is -0.143. The van der Waals surface area contributed by atoms with Crippen LogP contribution in [0.1, 0.15) is 40.7 Å². The van der Waals surface area contributed by atoms with Crippen LogP contribution in [0.4, 0.5) is 0 Å². The number of ether oxygens (including phenoxy) is 2. The average molecular weight is 524 g/mol. The molecule has 8 heteroatoms. The van der Waals surface area contributed by atoms with Crippen LogP contribution < -0.4 is 10.1 Å². The van der Waals surface area contributed by atoms with Crippen molar-refractivity contribution in [1.82, 2.24) is 15.1 Å². The summed E-state index contributed by atoms with van der Waals surface area (Å²) in [4.78, 5) is 16.1. The van der Waals surface area contributed by atoms with Crippen LogP contribution >= 0.6 is 11.8 Å². The predicted octanol–water partition coefficient (Wildman–Crippen LogP) is 4.43. The van der Waals surface area contributed by atoms with E-state index in [4.69, 9.17) is 9.47 Å². The van der Waals surface area contributed by atoms with Crippen LogP contribution in [0.15, 0.2) is 41.8 Å². The van der Waals surface area contributed by atoms with Gasteiger partial charge in [0.25, 0.3) is 0 Å². The molecule has 2 N–H and O–H groups in total. The van der Waals surface area contributed by atoms with Gasteiger partial charge in [-0.3, -0.25) is 14.6 Å². The Hall–Kier alpha value is -2.52. The molecule has 3 aliphatic rings. The van der Waals surface area contributed by atoms with Gasteiger partial charge in [0.15, 0.2) is 0 Å². The highest BCUT2D eigenvalue weighted by Crippen LogP contribution is 2.37. The Morgan fingerprint density at radius 3 is 2.62 bits per heavy atom. The smallest absolute Gasteiger partial charge is 0.306 e. The van der Waals surface area contributed by atoms with Crippen molar-refractivity contribution in [2.75, 3.05) is 39.4 Å². The fourth-order valence-electron chi connectivity index (χ4n) is 5.27. The van der Waals surface area contributed by atoms with E-state index in [-0.39, 0.29) is 11.4 Å². The lowest BCUT2D eigenvalue weighted by Crippen LogP contribution is -2.45. The SMILES string of the molecule is Cc1cc(CN2CCOCC2)ccc1COc1c(C)cccc1C1=CSC(N2CCC(C(=O)O)CC2)N1. The average Bonchev–Trinajstić information content (AvgIpc) is 3.40. The van der Waals surface area contributed by atoms with Gasteiger partial charge in [-0.05, 0) is 60.4 Å². The highest BCUT2D eigenvalue weighted by atomic mass is 32.2. The number of likely N-dealkylation sites (tertiary alicyclic amines) is 1. The van der Waals surface area contributed by atoms with E-state index in [1.54, 1.807) is 11.8 Å². The summed E-state index contributed by atoms with van der Waals surface area (Å²) in [7, 11) is 0. The number of hydrogen-bond donors (Lipinski definition) is 2. The third-order valence-electron chi connectivity index (χ3n) is 7.60. The molecule has 3 heterocycles. The number of carbonyl (C=O) groups is 1. The molecule has 0 bridgehead atoms. The first kappa shape index (κ1) is 26.1. The summed E-state index contributed by atoms with van der Waals surface area (Å²) in [6.07, 6.45) is 1.40. The molecule has 1 atom stereocenters. The summed E-state index contributed by atoms with van der Waals surface area (Å²) in [6, 6.07) is 13.0. The zero-order valence-corrected chi connectivity index (χ0v) is 22.6. The molecule has 1 unspecified atom stereocenters. The number of nitrogens with one attached hydrogen (secondary N) is 1. The number of morpholine rings is 1. The van der Waals surface area contributed by atoms with Crippen LogP contribution in [-0.2, 0) is 22.7 Å². The lowest BCUT2D eigenvalue weighted by Gasteiger charge is -2.34. The summed E-state index contributed by atoms with van der Waals surface area (Å²) < 4.78 is 11.9. The van der Waals surface area contributed by atoms with Gasteiger partial charge in [0, 0.05) is 38.3 Å². The fraction of sp³-hybridized carbons (Fsp3) is 0.483. The number of aryl methyl sites for hydroxylation is 2. The van der Waals surface area contributed by atoms with E-state index in [9.17, 15) is 9.90 Å². The van der Waals surface area contributed by atoms with Crippen LogP contribution in [0, 0.1) is 19.8 Å². The number of benzene rings is 2. The Kier molecular flexibility index (Phi) is 8.39. The molecular weight excluding hydrogens is 486 g/mol. The van der Waals surface area contributed by atoms with Crippen molar-refractivity contribution >= 4 is 23.4 Å². The quantitative estimate of drug-likeness (QED) is 0.527. The van der Waals surface area contributed by atoms with E-state index in [1.807, 2.05) is 0 Å². The van der Waals surface area contributed by atoms with Crippen molar-refractivity contribution in [2.24, 2.45) is 5.92 Å². The van der Waals surface area contributed by atoms with Crippen molar-refractivity contribution < 1.29 is 19.4 Å². The molecule has 0 aromatic heterocycles. The molecule has 2 saturated heterocycles. The normalized spacial score (nSPS) is 21.5. The number of carboxylic acids is 1. The third-order valence-corrected chi connectivity index (χ3v) is 8.64. The zero-order chi connectivity index (χ0) is 25.8. The predicted molar refractivity (Wildman–Crippen MR) is 147 cm³/mol. The number of nitrogens with zero attached hydrogens (tertiary/aromatic N) is 2. The largest absolute Gasteiger partial charge is 0.488 e. The van der Waals surface area contributed by atoms with Gasteiger partial charge in [-0.15, -0.1) is 0 Å². The molecular formula is C29H37N3O4S. The van der Waals surface area contributed by atoms with Crippen LogP contribution in [0.5, 0.6) is 5.75 Å². The molecule has 2 aromatic rings. The molecule has 0 saturated carbocycles. The van der Waals surface area contributed by atoms with Gasteiger partial charge in [-0.2, -0.15) is 0 Å². The minimum absolute atomic E-state index is 0.124. The summed E-state index contributed by atoms with van der Waals surface area (Å²) in [5.74, 6) is 0.0154. The lowest BCUT2D eigenvalue weighted by atomic mass is 9.97. The Labute approximate surface area is 223 Å². The van der Waals surface area contributed by atoms with E-state index in [1.165, 1.54) is 16.7 Å². The van der Waals surface area contributed by atoms with Gasteiger partial charge in [0.2, 0.25) is 0 Å². The van der Waals surface area contributed by atoms with Crippen molar-refractivity contribution in [3.63, 3.8) is 0 Å². The number of thioether (sulfide) groups is 1. The zero-order valence-electron chi connectivity index (χ0n) is 21.7. The van der Waals surface area contributed by atoms with Gasteiger partial charge < -0.3 is 19.9 Å². The monoisotopic (exact) mass is 523 g/mol. The van der Waals surface area contributed by atoms with E-state index in [0.717, 1.165) is 68.5 Å². The first-order valence-electron chi connectivity index (χ1n) is 13.2. The maximum absolute atomic E-state index is 11.3. The first-order valence-corrected chi connectivity index (χ1v) is 14.1. The fourth-order valence-corrected chi connectivity index (χ4v) is 6.31. The van der Waals surface area contributed by atoms with Crippen molar-refractivity contribution in [3.05, 3.63) is 69.6 Å². The third kappa shape index (κ3) is 6.32. The van der Waals surface area contributed by atoms with Gasteiger partial charge in [-0.1, -0.05) is 42.1 Å². The highest BCUT2D eigenvalue weighted by molar-refractivity contribution is 8.03. The Morgan fingerprint density at radius 2 is 1.89 bits per heavy atom. The molecule has 3 aliphatic heterocycles. The molecule has 2 fully saturated rings. The van der Waals surface area contributed by atoms with Crippen LogP contribution in [0.2, 0.25) is 0 Å². The highest BCUT2D eigenvalue weighted by Gasteiger charge is 2.31. The minimum Gasteiger partial charge on any atom is -0.488 e. The number of piperidine rings is 1. The van der Waals surface area contributed by atoms with Gasteiger partial charge in [-0.25, -0.2) is 0 Å². The number of carboxylic acid groups (broad SMARTS) is 1. The molecule has 0 amide bonds. The van der Waals surface area contributed by atoms with Crippen LogP contribution in [0.25, 0.3) is 5.70 Å². The molecule has 198 valence electrons. The minimum atomic E-state index is -0.672. The van der Waals surface area contributed by atoms with Gasteiger partial charge >= 0.3 is 5.97 Å². The van der Waals surface area contributed by atoms with Crippen LogP contribution in [-0.4, -0.2) is 65.8 Å². The second kappa shape index (κ2) is 11.9. The Bertz CT molecular complexity index is 1140. The number of aliphatic carboxylic acids is 1. The van der Waals surface area contributed by atoms with Gasteiger partial charge in [0.1, 0.15) is 17.9 Å². The molecule has 2 aromatic carbocycles. The molecule has 5 rings (SSSR count). The van der Waals surface area contributed by atoms with E-state index >= 15 is 0 Å². The number of rotatable bonds is 8. The standard InChI is InChI=1S/C29H37N3O4S/c1-20-4-3-5-25(26-19-37-29(30-26)32-10-8-23(9-11-32)28(33)34)27(20)36-18-24-7-6-22(16-21(24)2)17-31-12-14-35-15-13-31/h3-7,16,19,23,29-30H,8-15,17-18H2,1-2H3,(H,33,34). The van der Waals surface area contributed by atoms with Crippen LogP contribution in [0.3, 0.4) is 0 Å². The van der Waals surface area contributed by atoms with E-state index < -0.39 is 5.97 Å².